The second kappa shape index (κ2) is 8.89. The molecule has 156 valence electrons. The fourth-order valence-corrected chi connectivity index (χ4v) is 3.61. The number of rotatable bonds is 4. The molecule has 0 N–H and O–H groups in total. The minimum atomic E-state index is -0.465. The highest BCUT2D eigenvalue weighted by Gasteiger charge is 2.35. The quantitative estimate of drug-likeness (QED) is 0.567. The molecule has 2 aromatic heterocycles. The lowest BCUT2D eigenvalue weighted by molar-refractivity contribution is -0.129. The second-order valence-electron chi connectivity index (χ2n) is 6.86. The lowest BCUT2D eigenvalue weighted by atomic mass is 10.1. The van der Waals surface area contributed by atoms with Crippen LogP contribution in [0.4, 0.5) is 5.82 Å². The van der Waals surface area contributed by atoms with Gasteiger partial charge in [0.25, 0.3) is 0 Å². The summed E-state index contributed by atoms with van der Waals surface area (Å²) < 4.78 is 0. The fourth-order valence-electron chi connectivity index (χ4n) is 3.41. The first kappa shape index (κ1) is 20.4. The summed E-state index contributed by atoms with van der Waals surface area (Å²) in [4.78, 5) is 26.4. The van der Waals surface area contributed by atoms with Crippen LogP contribution in [0, 0.1) is 11.3 Å². The van der Waals surface area contributed by atoms with Crippen LogP contribution in [0.15, 0.2) is 42.7 Å². The molecule has 1 saturated heterocycles. The number of tetrazole rings is 1. The lowest BCUT2D eigenvalue weighted by Crippen LogP contribution is -2.51. The number of carbonyl (C=O) groups excluding carboxylic acids is 1. The largest absolute Gasteiger partial charge is 0.350 e. The Kier molecular flexibility index (Phi) is 5.86. The van der Waals surface area contributed by atoms with E-state index in [2.05, 4.69) is 31.4 Å². The monoisotopic (exact) mass is 435 g/mol. The van der Waals surface area contributed by atoms with Crippen LogP contribution in [0.3, 0.4) is 0 Å². The van der Waals surface area contributed by atoms with Gasteiger partial charge in [-0.1, -0.05) is 23.7 Å². The van der Waals surface area contributed by atoms with Crippen LogP contribution < -0.4 is 4.90 Å². The molecule has 1 fully saturated rings. The van der Waals surface area contributed by atoms with E-state index >= 15 is 0 Å². The van der Waals surface area contributed by atoms with E-state index in [9.17, 15) is 10.1 Å². The van der Waals surface area contributed by atoms with Crippen molar-refractivity contribution in [3.63, 3.8) is 0 Å². The number of halogens is 1. The van der Waals surface area contributed by atoms with Gasteiger partial charge in [-0.25, -0.2) is 9.97 Å². The van der Waals surface area contributed by atoms with Gasteiger partial charge in [0.05, 0.1) is 7.05 Å². The average Bonchev–Trinajstić information content (AvgIpc) is 3.23. The van der Waals surface area contributed by atoms with Crippen molar-refractivity contribution in [3.8, 4) is 6.07 Å². The van der Waals surface area contributed by atoms with Crippen molar-refractivity contribution in [3.05, 3.63) is 64.8 Å². The molecule has 1 aliphatic heterocycles. The van der Waals surface area contributed by atoms with Crippen molar-refractivity contribution in [2.45, 2.75) is 6.04 Å². The minimum absolute atomic E-state index is 0.184. The molecule has 0 radical (unpaired) electrons. The first-order valence-electron chi connectivity index (χ1n) is 9.49. The molecule has 1 atom stereocenters. The third-order valence-electron chi connectivity index (χ3n) is 4.84. The fraction of sp³-hybridized carbons (Fsp3) is 0.250. The van der Waals surface area contributed by atoms with Crippen molar-refractivity contribution < 1.29 is 4.79 Å². The summed E-state index contributed by atoms with van der Waals surface area (Å²) in [5.74, 6) is 0.705. The topological polar surface area (TPSA) is 117 Å². The minimum Gasteiger partial charge on any atom is -0.350 e. The summed E-state index contributed by atoms with van der Waals surface area (Å²) in [6, 6.07) is 8.85. The molecule has 31 heavy (non-hydrogen) atoms. The van der Waals surface area contributed by atoms with Crippen molar-refractivity contribution >= 4 is 29.4 Å². The Morgan fingerprint density at radius 1 is 1.29 bits per heavy atom. The Morgan fingerprint density at radius 3 is 2.87 bits per heavy atom. The number of carbonyl (C=O) groups is 1. The molecule has 0 bridgehead atoms. The van der Waals surface area contributed by atoms with E-state index in [-0.39, 0.29) is 11.6 Å². The molecule has 11 heteroatoms. The zero-order chi connectivity index (χ0) is 21.8. The summed E-state index contributed by atoms with van der Waals surface area (Å²) in [6.45, 7) is 1.24. The Labute approximate surface area is 183 Å². The van der Waals surface area contributed by atoms with Crippen LogP contribution in [0.2, 0.25) is 5.02 Å². The predicted octanol–water partition coefficient (Wildman–Crippen LogP) is 1.63. The number of benzene rings is 1. The van der Waals surface area contributed by atoms with Gasteiger partial charge in [-0.05, 0) is 29.0 Å². The number of amides is 1. The van der Waals surface area contributed by atoms with E-state index in [1.54, 1.807) is 30.2 Å². The van der Waals surface area contributed by atoms with Crippen molar-refractivity contribution in [2.24, 2.45) is 7.05 Å². The lowest BCUT2D eigenvalue weighted by Gasteiger charge is -2.40. The van der Waals surface area contributed by atoms with Gasteiger partial charge in [0.2, 0.25) is 5.91 Å². The maximum atomic E-state index is 13.0. The van der Waals surface area contributed by atoms with Gasteiger partial charge in [0, 0.05) is 43.1 Å². The summed E-state index contributed by atoms with van der Waals surface area (Å²) in [5.41, 5.74) is 1.06. The Bertz CT molecular complexity index is 1170. The van der Waals surface area contributed by atoms with Crippen LogP contribution in [-0.2, 0) is 11.8 Å². The Balaban J connectivity index is 1.60. The molecule has 1 aliphatic rings. The molecule has 0 saturated carbocycles. The first-order valence-corrected chi connectivity index (χ1v) is 9.87. The summed E-state index contributed by atoms with van der Waals surface area (Å²) >= 11 is 6.02. The molecule has 1 amide bonds. The Morgan fingerprint density at radius 2 is 2.13 bits per heavy atom. The van der Waals surface area contributed by atoms with E-state index in [0.29, 0.717) is 36.3 Å². The molecule has 4 rings (SSSR count). The molecule has 3 aromatic rings. The van der Waals surface area contributed by atoms with E-state index in [1.807, 2.05) is 17.0 Å². The van der Waals surface area contributed by atoms with Gasteiger partial charge in [-0.3, -0.25) is 4.79 Å². The predicted molar refractivity (Wildman–Crippen MR) is 113 cm³/mol. The highest BCUT2D eigenvalue weighted by Crippen LogP contribution is 2.27. The summed E-state index contributed by atoms with van der Waals surface area (Å²) in [6.07, 6.45) is 6.24. The van der Waals surface area contributed by atoms with Crippen LogP contribution in [0.5, 0.6) is 0 Å². The molecular weight excluding hydrogens is 418 g/mol. The normalized spacial score (nSPS) is 16.5. The van der Waals surface area contributed by atoms with E-state index in [1.165, 1.54) is 23.3 Å². The van der Waals surface area contributed by atoms with Crippen LogP contribution in [0.25, 0.3) is 6.08 Å². The SMILES string of the molecule is Cn1nnc(C2CN(c3nccnc3C#N)CCN2C(=O)C=Cc2cccc(Cl)c2)n1. The van der Waals surface area contributed by atoms with Crippen LogP contribution in [-0.4, -0.2) is 60.6 Å². The number of piperazine rings is 1. The van der Waals surface area contributed by atoms with Crippen molar-refractivity contribution in [1.82, 2.24) is 35.1 Å². The van der Waals surface area contributed by atoms with Crippen molar-refractivity contribution in [2.75, 3.05) is 24.5 Å². The summed E-state index contributed by atoms with van der Waals surface area (Å²) in [5, 5.41) is 22.3. The van der Waals surface area contributed by atoms with Gasteiger partial charge in [0.15, 0.2) is 17.3 Å². The average molecular weight is 436 g/mol. The van der Waals surface area contributed by atoms with Gasteiger partial charge < -0.3 is 9.80 Å². The number of nitriles is 1. The Hall–Kier alpha value is -3.84. The highest BCUT2D eigenvalue weighted by molar-refractivity contribution is 6.30. The maximum absolute atomic E-state index is 13.0. The molecule has 1 aromatic carbocycles. The van der Waals surface area contributed by atoms with Crippen molar-refractivity contribution in [1.29, 1.82) is 5.26 Å². The maximum Gasteiger partial charge on any atom is 0.247 e. The molecule has 1 unspecified atom stereocenters. The first-order chi connectivity index (χ1) is 15.0. The molecule has 10 nitrogen and oxygen atoms in total. The zero-order valence-corrected chi connectivity index (χ0v) is 17.4. The van der Waals surface area contributed by atoms with Gasteiger partial charge in [-0.2, -0.15) is 10.1 Å². The number of aromatic nitrogens is 6. The number of hydrogen-bond donors (Lipinski definition) is 0. The molecule has 3 heterocycles. The third-order valence-corrected chi connectivity index (χ3v) is 5.07. The standard InChI is InChI=1S/C20H18ClN9O/c1-28-26-19(25-27-28)17-13-29(20-16(12-22)23-7-8-24-20)9-10-30(17)18(31)6-5-14-3-2-4-15(21)11-14/h2-8,11,17H,9-10,13H2,1H3. The van der Waals surface area contributed by atoms with E-state index in [0.717, 1.165) is 5.56 Å². The van der Waals surface area contributed by atoms with E-state index in [4.69, 9.17) is 11.6 Å². The number of hydrogen-bond acceptors (Lipinski definition) is 8. The molecular formula is C20H18ClN9O. The smallest absolute Gasteiger partial charge is 0.247 e. The zero-order valence-electron chi connectivity index (χ0n) is 16.6. The number of anilines is 1. The summed E-state index contributed by atoms with van der Waals surface area (Å²) in [7, 11) is 1.67. The highest BCUT2D eigenvalue weighted by atomic mass is 35.5. The third kappa shape index (κ3) is 4.51. The number of aryl methyl sites for hydroxylation is 1. The van der Waals surface area contributed by atoms with Gasteiger partial charge >= 0.3 is 0 Å². The second-order valence-corrected chi connectivity index (χ2v) is 7.30. The van der Waals surface area contributed by atoms with Crippen LogP contribution >= 0.6 is 11.6 Å². The van der Waals surface area contributed by atoms with E-state index < -0.39 is 6.04 Å². The molecule has 0 spiro atoms. The molecule has 0 aliphatic carbocycles. The van der Waals surface area contributed by atoms with Gasteiger partial charge in [-0.15, -0.1) is 10.2 Å². The number of nitrogens with zero attached hydrogens (tertiary/aromatic N) is 9. The van der Waals surface area contributed by atoms with Crippen LogP contribution in [0.1, 0.15) is 23.1 Å². The van der Waals surface area contributed by atoms with Gasteiger partial charge in [0.1, 0.15) is 12.1 Å².